The molecule has 25 heavy (non-hydrogen) atoms. The Morgan fingerprint density at radius 3 is 1.92 bits per heavy atom. The van der Waals surface area contributed by atoms with Crippen LogP contribution in [0, 0.1) is 6.92 Å². The van der Waals surface area contributed by atoms with Gasteiger partial charge in [0.05, 0.1) is 16.3 Å². The Morgan fingerprint density at radius 1 is 0.760 bits per heavy atom. The molecule has 0 atom stereocenters. The van der Waals surface area contributed by atoms with Crippen molar-refractivity contribution < 1.29 is 0 Å². The lowest BCUT2D eigenvalue weighted by Crippen LogP contribution is -1.80. The lowest BCUT2D eigenvalue weighted by Gasteiger charge is -1.96. The van der Waals surface area contributed by atoms with E-state index >= 15 is 0 Å². The van der Waals surface area contributed by atoms with Gasteiger partial charge >= 0.3 is 0 Å². The molecule has 0 saturated carbocycles. The summed E-state index contributed by atoms with van der Waals surface area (Å²) in [5.41, 5.74) is 4.09. The maximum Gasteiger partial charge on any atom is 0.124 e. The highest BCUT2D eigenvalue weighted by molar-refractivity contribution is 7.19. The second kappa shape index (κ2) is 6.89. The number of nitrogens with zero attached hydrogens (tertiary/aromatic N) is 2. The third-order valence-corrected chi connectivity index (χ3v) is 6.34. The maximum atomic E-state index is 5.97. The first-order valence-corrected chi connectivity index (χ1v) is 10.0. The maximum absolute atomic E-state index is 5.97. The van der Waals surface area contributed by atoms with E-state index in [2.05, 4.69) is 5.38 Å². The molecular formula is C19H12Cl2N2S2. The summed E-state index contributed by atoms with van der Waals surface area (Å²) >= 11 is 15.2. The van der Waals surface area contributed by atoms with Crippen LogP contribution in [0.4, 0.5) is 0 Å². The minimum Gasteiger partial charge on any atom is -0.241 e. The fourth-order valence-electron chi connectivity index (χ4n) is 2.45. The summed E-state index contributed by atoms with van der Waals surface area (Å²) in [5.74, 6) is 0. The largest absolute Gasteiger partial charge is 0.241 e. The SMILES string of the molecule is Cc1nc(-c2ccc(Cl)cc2)sc1-c1csc(-c2ccc(Cl)cc2)n1. The molecule has 0 unspecified atom stereocenters. The van der Waals surface area contributed by atoms with Gasteiger partial charge in [0, 0.05) is 26.6 Å². The molecular weight excluding hydrogens is 391 g/mol. The van der Waals surface area contributed by atoms with Crippen LogP contribution in [-0.2, 0) is 0 Å². The Bertz CT molecular complexity index is 1020. The summed E-state index contributed by atoms with van der Waals surface area (Å²) in [7, 11) is 0. The average molecular weight is 403 g/mol. The van der Waals surface area contributed by atoms with Crippen LogP contribution < -0.4 is 0 Å². The van der Waals surface area contributed by atoms with Gasteiger partial charge in [-0.15, -0.1) is 22.7 Å². The summed E-state index contributed by atoms with van der Waals surface area (Å²) in [5, 5.41) is 5.49. The van der Waals surface area contributed by atoms with Crippen molar-refractivity contribution >= 4 is 45.9 Å². The zero-order valence-electron chi connectivity index (χ0n) is 13.2. The highest BCUT2D eigenvalue weighted by atomic mass is 35.5. The summed E-state index contributed by atoms with van der Waals surface area (Å²) in [4.78, 5) is 10.6. The molecule has 2 heterocycles. The van der Waals surface area contributed by atoms with Gasteiger partial charge in [-0.2, -0.15) is 0 Å². The van der Waals surface area contributed by atoms with Crippen LogP contribution >= 0.6 is 45.9 Å². The van der Waals surface area contributed by atoms with Gasteiger partial charge in [0.25, 0.3) is 0 Å². The molecule has 0 amide bonds. The first-order chi connectivity index (χ1) is 12.1. The van der Waals surface area contributed by atoms with Gasteiger partial charge in [0.2, 0.25) is 0 Å². The van der Waals surface area contributed by atoms with Gasteiger partial charge in [-0.25, -0.2) is 9.97 Å². The van der Waals surface area contributed by atoms with Crippen molar-refractivity contribution in [1.29, 1.82) is 0 Å². The van der Waals surface area contributed by atoms with Crippen LogP contribution in [0.3, 0.4) is 0 Å². The molecule has 2 aromatic carbocycles. The zero-order valence-corrected chi connectivity index (χ0v) is 16.3. The van der Waals surface area contributed by atoms with Crippen molar-refractivity contribution in [2.45, 2.75) is 6.92 Å². The highest BCUT2D eigenvalue weighted by Crippen LogP contribution is 2.37. The Kier molecular flexibility index (Phi) is 4.61. The van der Waals surface area contributed by atoms with E-state index in [-0.39, 0.29) is 0 Å². The third kappa shape index (κ3) is 3.48. The quantitative estimate of drug-likeness (QED) is 0.361. The number of thiazole rings is 2. The molecule has 0 radical (unpaired) electrons. The lowest BCUT2D eigenvalue weighted by molar-refractivity contribution is 1.26. The second-order valence-electron chi connectivity index (χ2n) is 5.49. The highest BCUT2D eigenvalue weighted by Gasteiger charge is 2.15. The van der Waals surface area contributed by atoms with Crippen LogP contribution in [-0.4, -0.2) is 9.97 Å². The fraction of sp³-hybridized carbons (Fsp3) is 0.0526. The monoisotopic (exact) mass is 402 g/mol. The third-order valence-electron chi connectivity index (χ3n) is 3.72. The number of rotatable bonds is 3. The topological polar surface area (TPSA) is 25.8 Å². The van der Waals surface area contributed by atoms with Crippen LogP contribution in [0.15, 0.2) is 53.9 Å². The van der Waals surface area contributed by atoms with E-state index in [1.54, 1.807) is 22.7 Å². The van der Waals surface area contributed by atoms with Gasteiger partial charge in [0.15, 0.2) is 0 Å². The number of aryl methyl sites for hydroxylation is 1. The molecule has 2 nitrogen and oxygen atoms in total. The van der Waals surface area contributed by atoms with Crippen LogP contribution in [0.2, 0.25) is 10.0 Å². The van der Waals surface area contributed by atoms with E-state index in [0.29, 0.717) is 0 Å². The van der Waals surface area contributed by atoms with E-state index in [4.69, 9.17) is 33.2 Å². The van der Waals surface area contributed by atoms with Crippen molar-refractivity contribution in [1.82, 2.24) is 9.97 Å². The molecule has 6 heteroatoms. The molecule has 0 N–H and O–H groups in total. The molecule has 0 aliphatic carbocycles. The standard InChI is InChI=1S/C19H12Cl2N2S2/c1-11-17(25-19(22-11)13-4-8-15(21)9-5-13)16-10-24-18(23-16)12-2-6-14(20)7-3-12/h2-10H,1H3. The second-order valence-corrected chi connectivity index (χ2v) is 8.22. The summed E-state index contributed by atoms with van der Waals surface area (Å²) < 4.78 is 0. The van der Waals surface area contributed by atoms with Crippen LogP contribution in [0.5, 0.6) is 0 Å². The van der Waals surface area contributed by atoms with Crippen molar-refractivity contribution in [3.8, 4) is 31.7 Å². The molecule has 0 aliphatic heterocycles. The molecule has 0 spiro atoms. The minimum absolute atomic E-state index is 0.726. The van der Waals surface area contributed by atoms with Crippen molar-refractivity contribution in [3.05, 3.63) is 69.7 Å². The Hall–Kier alpha value is -1.72. The van der Waals surface area contributed by atoms with E-state index in [1.165, 1.54) is 0 Å². The molecule has 0 bridgehead atoms. The lowest BCUT2D eigenvalue weighted by atomic mass is 10.2. The molecule has 2 aromatic heterocycles. The fourth-order valence-corrected chi connectivity index (χ4v) is 4.63. The summed E-state index contributed by atoms with van der Waals surface area (Å²) in [6.07, 6.45) is 0. The number of aromatic nitrogens is 2. The van der Waals surface area contributed by atoms with E-state index in [0.717, 1.165) is 47.5 Å². The van der Waals surface area contributed by atoms with Gasteiger partial charge in [0.1, 0.15) is 10.0 Å². The first-order valence-electron chi connectivity index (χ1n) is 7.55. The van der Waals surface area contributed by atoms with Crippen molar-refractivity contribution in [2.24, 2.45) is 0 Å². The number of benzene rings is 2. The Balaban J connectivity index is 1.69. The molecule has 4 rings (SSSR count). The van der Waals surface area contributed by atoms with E-state index in [1.807, 2.05) is 55.5 Å². The predicted molar refractivity (Wildman–Crippen MR) is 109 cm³/mol. The first kappa shape index (κ1) is 16.7. The smallest absolute Gasteiger partial charge is 0.124 e. The molecule has 0 aliphatic rings. The number of hydrogen-bond donors (Lipinski definition) is 0. The summed E-state index contributed by atoms with van der Waals surface area (Å²) in [6, 6.07) is 15.5. The van der Waals surface area contributed by atoms with E-state index in [9.17, 15) is 0 Å². The van der Waals surface area contributed by atoms with Gasteiger partial charge < -0.3 is 0 Å². The molecule has 124 valence electrons. The Labute approximate surface area is 163 Å². The molecule has 4 aromatic rings. The van der Waals surface area contributed by atoms with Crippen LogP contribution in [0.25, 0.3) is 31.7 Å². The minimum atomic E-state index is 0.726. The van der Waals surface area contributed by atoms with Gasteiger partial charge in [-0.3, -0.25) is 0 Å². The normalized spacial score (nSPS) is 11.0. The van der Waals surface area contributed by atoms with Crippen LogP contribution in [0.1, 0.15) is 5.69 Å². The van der Waals surface area contributed by atoms with E-state index < -0.39 is 0 Å². The predicted octanol–water partition coefficient (Wildman–Crippen LogP) is 7.22. The summed E-state index contributed by atoms with van der Waals surface area (Å²) in [6.45, 7) is 2.02. The Morgan fingerprint density at radius 2 is 1.32 bits per heavy atom. The average Bonchev–Trinajstić information content (AvgIpc) is 3.23. The van der Waals surface area contributed by atoms with Gasteiger partial charge in [-0.05, 0) is 31.2 Å². The molecule has 0 fully saturated rings. The molecule has 0 saturated heterocycles. The van der Waals surface area contributed by atoms with Crippen molar-refractivity contribution in [3.63, 3.8) is 0 Å². The zero-order chi connectivity index (χ0) is 17.4. The number of hydrogen-bond acceptors (Lipinski definition) is 4. The van der Waals surface area contributed by atoms with Crippen molar-refractivity contribution in [2.75, 3.05) is 0 Å². The van der Waals surface area contributed by atoms with Gasteiger partial charge in [-0.1, -0.05) is 47.5 Å². The number of halogens is 2.